The lowest BCUT2D eigenvalue weighted by atomic mass is 9.98. The molecular weight excluding hydrogens is 292 g/mol. The van der Waals surface area contributed by atoms with Crippen LogP contribution in [0.5, 0.6) is 11.5 Å². The van der Waals surface area contributed by atoms with Crippen LogP contribution in [0.3, 0.4) is 0 Å². The molecule has 1 fully saturated rings. The van der Waals surface area contributed by atoms with E-state index in [1.165, 1.54) is 12.5 Å². The van der Waals surface area contributed by atoms with Gasteiger partial charge in [-0.3, -0.25) is 0 Å². The highest BCUT2D eigenvalue weighted by molar-refractivity contribution is 5.87. The molecule has 0 heterocycles. The predicted molar refractivity (Wildman–Crippen MR) is 90.8 cm³/mol. The summed E-state index contributed by atoms with van der Waals surface area (Å²) >= 11 is 0. The first kappa shape index (κ1) is 17.4. The van der Waals surface area contributed by atoms with Crippen LogP contribution in [0.4, 0.5) is 0 Å². The van der Waals surface area contributed by atoms with E-state index in [1.807, 2.05) is 32.0 Å². The molecule has 23 heavy (non-hydrogen) atoms. The Kier molecular flexibility index (Phi) is 6.98. The van der Waals surface area contributed by atoms with Gasteiger partial charge in [-0.1, -0.05) is 6.42 Å². The van der Waals surface area contributed by atoms with Gasteiger partial charge in [0.25, 0.3) is 0 Å². The summed E-state index contributed by atoms with van der Waals surface area (Å²) in [6, 6.07) is 5.62. The molecule has 0 atom stereocenters. The highest BCUT2D eigenvalue weighted by Gasteiger charge is 2.16. The maximum absolute atomic E-state index is 11.9. The molecule has 4 heteroatoms. The van der Waals surface area contributed by atoms with Crippen LogP contribution < -0.4 is 9.47 Å². The van der Waals surface area contributed by atoms with Crippen molar-refractivity contribution in [2.75, 3.05) is 13.2 Å². The van der Waals surface area contributed by atoms with E-state index in [0.717, 1.165) is 42.7 Å². The summed E-state index contributed by atoms with van der Waals surface area (Å²) in [5.41, 5.74) is 0.861. The number of esters is 1. The molecule has 0 saturated heterocycles. The van der Waals surface area contributed by atoms with Crippen LogP contribution in [-0.4, -0.2) is 25.3 Å². The van der Waals surface area contributed by atoms with Crippen LogP contribution in [0.25, 0.3) is 6.08 Å². The Hall–Kier alpha value is -1.97. The zero-order chi connectivity index (χ0) is 16.5. The number of benzene rings is 1. The number of rotatable bonds is 7. The Morgan fingerprint density at radius 1 is 1.04 bits per heavy atom. The Morgan fingerprint density at radius 3 is 2.22 bits per heavy atom. The van der Waals surface area contributed by atoms with Crippen LogP contribution in [-0.2, 0) is 9.53 Å². The van der Waals surface area contributed by atoms with Crippen molar-refractivity contribution in [1.29, 1.82) is 0 Å². The van der Waals surface area contributed by atoms with Crippen LogP contribution in [0.2, 0.25) is 0 Å². The van der Waals surface area contributed by atoms with Crippen LogP contribution in [0, 0.1) is 0 Å². The molecule has 1 aromatic carbocycles. The molecule has 1 saturated carbocycles. The highest BCUT2D eigenvalue weighted by atomic mass is 16.5. The van der Waals surface area contributed by atoms with Crippen molar-refractivity contribution in [1.82, 2.24) is 0 Å². The fourth-order valence-electron chi connectivity index (χ4n) is 2.74. The lowest BCUT2D eigenvalue weighted by molar-refractivity contribution is -0.144. The maximum Gasteiger partial charge on any atom is 0.331 e. The van der Waals surface area contributed by atoms with Gasteiger partial charge in [-0.25, -0.2) is 4.79 Å². The number of carbonyl (C=O) groups excluding carboxylic acids is 1. The molecule has 0 aliphatic heterocycles. The molecule has 0 aromatic heterocycles. The van der Waals surface area contributed by atoms with Crippen molar-refractivity contribution < 1.29 is 19.0 Å². The SMILES string of the molecule is CCOc1cc(C=CC(=O)OC2CCCCC2)cc(OCC)c1. The Bertz CT molecular complexity index is 506. The van der Waals surface area contributed by atoms with Crippen molar-refractivity contribution in [3.05, 3.63) is 29.8 Å². The number of hydrogen-bond acceptors (Lipinski definition) is 4. The van der Waals surface area contributed by atoms with Gasteiger partial charge in [0.1, 0.15) is 17.6 Å². The number of carbonyl (C=O) groups is 1. The maximum atomic E-state index is 11.9. The molecular formula is C19H26O4. The minimum Gasteiger partial charge on any atom is -0.494 e. The third-order valence-corrected chi connectivity index (χ3v) is 3.77. The molecule has 0 radical (unpaired) electrons. The summed E-state index contributed by atoms with van der Waals surface area (Å²) in [4.78, 5) is 11.9. The van der Waals surface area contributed by atoms with Gasteiger partial charge in [-0.15, -0.1) is 0 Å². The average Bonchev–Trinajstić information content (AvgIpc) is 2.54. The lowest BCUT2D eigenvalue weighted by Crippen LogP contribution is -2.19. The second kappa shape index (κ2) is 9.23. The van der Waals surface area contributed by atoms with Crippen molar-refractivity contribution in [3.8, 4) is 11.5 Å². The lowest BCUT2D eigenvalue weighted by Gasteiger charge is -2.20. The minimum atomic E-state index is -0.281. The van der Waals surface area contributed by atoms with Crippen LogP contribution in [0.1, 0.15) is 51.5 Å². The molecule has 0 bridgehead atoms. The van der Waals surface area contributed by atoms with E-state index in [9.17, 15) is 4.79 Å². The first-order chi connectivity index (χ1) is 11.2. The van der Waals surface area contributed by atoms with Crippen molar-refractivity contribution in [3.63, 3.8) is 0 Å². The van der Waals surface area contributed by atoms with Gasteiger partial charge in [0.2, 0.25) is 0 Å². The van der Waals surface area contributed by atoms with Gasteiger partial charge in [0, 0.05) is 12.1 Å². The fraction of sp³-hybridized carbons (Fsp3) is 0.526. The van der Waals surface area contributed by atoms with E-state index in [0.29, 0.717) is 13.2 Å². The second-order valence-electron chi connectivity index (χ2n) is 5.63. The third kappa shape index (κ3) is 5.97. The molecule has 1 aliphatic rings. The molecule has 126 valence electrons. The Morgan fingerprint density at radius 2 is 1.65 bits per heavy atom. The number of hydrogen-bond donors (Lipinski definition) is 0. The normalized spacial score (nSPS) is 15.6. The van der Waals surface area contributed by atoms with Gasteiger partial charge >= 0.3 is 5.97 Å². The summed E-state index contributed by atoms with van der Waals surface area (Å²) in [6.45, 7) is 5.04. The van der Waals surface area contributed by atoms with Crippen LogP contribution in [0.15, 0.2) is 24.3 Å². The van der Waals surface area contributed by atoms with Gasteiger partial charge in [-0.05, 0) is 63.3 Å². The summed E-state index contributed by atoms with van der Waals surface area (Å²) in [5.74, 6) is 1.19. The second-order valence-corrected chi connectivity index (χ2v) is 5.63. The third-order valence-electron chi connectivity index (χ3n) is 3.77. The van der Waals surface area contributed by atoms with E-state index in [1.54, 1.807) is 6.08 Å². The summed E-state index contributed by atoms with van der Waals surface area (Å²) in [6.07, 6.45) is 8.81. The summed E-state index contributed by atoms with van der Waals surface area (Å²) in [5, 5.41) is 0. The summed E-state index contributed by atoms with van der Waals surface area (Å²) in [7, 11) is 0. The largest absolute Gasteiger partial charge is 0.494 e. The molecule has 0 amide bonds. The summed E-state index contributed by atoms with van der Waals surface area (Å²) < 4.78 is 16.5. The Balaban J connectivity index is 2.00. The van der Waals surface area contributed by atoms with Gasteiger partial charge in [-0.2, -0.15) is 0 Å². The predicted octanol–water partition coefficient (Wildman–Crippen LogP) is 4.37. The van der Waals surface area contributed by atoms with Crippen LogP contribution >= 0.6 is 0 Å². The van der Waals surface area contributed by atoms with E-state index < -0.39 is 0 Å². The minimum absolute atomic E-state index is 0.0784. The van der Waals surface area contributed by atoms with E-state index in [2.05, 4.69) is 0 Å². The van der Waals surface area contributed by atoms with Crippen molar-refractivity contribution in [2.24, 2.45) is 0 Å². The number of ether oxygens (including phenoxy) is 3. The fourth-order valence-corrected chi connectivity index (χ4v) is 2.74. The van der Waals surface area contributed by atoms with E-state index >= 15 is 0 Å². The topological polar surface area (TPSA) is 44.8 Å². The van der Waals surface area contributed by atoms with E-state index in [-0.39, 0.29) is 12.1 Å². The standard InChI is InChI=1S/C19H26O4/c1-3-21-17-12-15(13-18(14-17)22-4-2)10-11-19(20)23-16-8-6-5-7-9-16/h10-14,16H,3-9H2,1-2H3. The highest BCUT2D eigenvalue weighted by Crippen LogP contribution is 2.24. The molecule has 1 aromatic rings. The van der Waals surface area contributed by atoms with Gasteiger partial charge in [0.05, 0.1) is 13.2 Å². The molecule has 1 aliphatic carbocycles. The first-order valence-corrected chi connectivity index (χ1v) is 8.50. The van der Waals surface area contributed by atoms with Crippen molar-refractivity contribution in [2.45, 2.75) is 52.1 Å². The molecule has 2 rings (SSSR count). The smallest absolute Gasteiger partial charge is 0.331 e. The zero-order valence-electron chi connectivity index (χ0n) is 14.0. The van der Waals surface area contributed by atoms with Crippen molar-refractivity contribution >= 4 is 12.0 Å². The first-order valence-electron chi connectivity index (χ1n) is 8.50. The molecule has 0 N–H and O–H groups in total. The van der Waals surface area contributed by atoms with Gasteiger partial charge in [0.15, 0.2) is 0 Å². The molecule has 4 nitrogen and oxygen atoms in total. The molecule has 0 spiro atoms. The monoisotopic (exact) mass is 318 g/mol. The quantitative estimate of drug-likeness (QED) is 0.553. The molecule has 0 unspecified atom stereocenters. The zero-order valence-corrected chi connectivity index (χ0v) is 14.0. The van der Waals surface area contributed by atoms with Gasteiger partial charge < -0.3 is 14.2 Å². The average molecular weight is 318 g/mol. The Labute approximate surface area is 138 Å². The van der Waals surface area contributed by atoms with E-state index in [4.69, 9.17) is 14.2 Å².